The number of aromatic nitrogens is 1. The fourth-order valence-electron chi connectivity index (χ4n) is 1.17. The minimum atomic E-state index is -0.611. The smallest absolute Gasteiger partial charge is 0.172 e. The summed E-state index contributed by atoms with van der Waals surface area (Å²) in [5.41, 5.74) is 1.38. The molecule has 0 unspecified atom stereocenters. The predicted molar refractivity (Wildman–Crippen MR) is 61.1 cm³/mol. The lowest BCUT2D eigenvalue weighted by atomic mass is 10.4. The molecule has 0 aromatic carbocycles. The molecule has 0 fully saturated rings. The third-order valence-corrected chi connectivity index (χ3v) is 3.92. The van der Waals surface area contributed by atoms with E-state index in [1.807, 2.05) is 6.07 Å². The van der Waals surface area contributed by atoms with Crippen LogP contribution in [0.15, 0.2) is 16.7 Å². The van der Waals surface area contributed by atoms with E-state index >= 15 is 0 Å². The Hall–Kier alpha value is -0.513. The van der Waals surface area contributed by atoms with Crippen molar-refractivity contribution < 1.29 is 4.42 Å². The Balaban J connectivity index is 2.71. The van der Waals surface area contributed by atoms with E-state index in [1.54, 1.807) is 6.20 Å². The van der Waals surface area contributed by atoms with Crippen molar-refractivity contribution in [2.24, 2.45) is 0 Å². The maximum Gasteiger partial charge on any atom is 0.172 e. The molecule has 0 atom stereocenters. The van der Waals surface area contributed by atoms with Crippen LogP contribution in [0.25, 0.3) is 11.1 Å². The number of halogens is 2. The number of hydrogen-bond acceptors (Lipinski definition) is 2. The maximum atomic E-state index is 5.99. The topological polar surface area (TPSA) is 26.0 Å². The zero-order valence-corrected chi connectivity index (χ0v) is 10.3. The SMILES string of the molecule is C[Si](C)c1cc2ncc(Cl)c(Cl)c2o1. The van der Waals surface area contributed by atoms with E-state index in [1.165, 1.54) is 0 Å². The van der Waals surface area contributed by atoms with E-state index in [4.69, 9.17) is 27.6 Å². The third-order valence-electron chi connectivity index (χ3n) is 1.93. The van der Waals surface area contributed by atoms with E-state index in [2.05, 4.69) is 18.1 Å². The second-order valence-electron chi connectivity index (χ2n) is 3.25. The average Bonchev–Trinajstić information content (AvgIpc) is 2.56. The molecule has 0 aliphatic heterocycles. The second kappa shape index (κ2) is 3.57. The molecule has 0 amide bonds. The van der Waals surface area contributed by atoms with Crippen molar-refractivity contribution in [1.29, 1.82) is 0 Å². The standard InChI is InChI=1S/C9H8Cl2NOSi/c1-14(2)7-3-6-9(13-7)8(11)5(10)4-12-6/h3-4H,1-2H3. The first-order valence-electron chi connectivity index (χ1n) is 4.13. The van der Waals surface area contributed by atoms with Gasteiger partial charge in [-0.2, -0.15) is 0 Å². The third kappa shape index (κ3) is 1.56. The molecule has 0 spiro atoms. The van der Waals surface area contributed by atoms with Crippen molar-refractivity contribution in [3.05, 3.63) is 22.3 Å². The van der Waals surface area contributed by atoms with Crippen LogP contribution in [0.4, 0.5) is 0 Å². The Bertz CT molecular complexity index is 481. The Labute approximate surface area is 93.4 Å². The van der Waals surface area contributed by atoms with Gasteiger partial charge in [-0.1, -0.05) is 36.3 Å². The zero-order valence-electron chi connectivity index (χ0n) is 7.77. The molecule has 2 heterocycles. The van der Waals surface area contributed by atoms with Gasteiger partial charge in [-0.25, -0.2) is 0 Å². The highest BCUT2D eigenvalue weighted by molar-refractivity contribution is 6.69. The van der Waals surface area contributed by atoms with Gasteiger partial charge in [0.25, 0.3) is 0 Å². The lowest BCUT2D eigenvalue weighted by Gasteiger charge is -1.95. The Kier molecular flexibility index (Phi) is 2.55. The molecular formula is C9H8Cl2NOSi. The predicted octanol–water partition coefficient (Wildman–Crippen LogP) is 3.10. The van der Waals surface area contributed by atoms with Gasteiger partial charge in [-0.05, 0) is 0 Å². The highest BCUT2D eigenvalue weighted by Crippen LogP contribution is 2.28. The largest absolute Gasteiger partial charge is 0.463 e. The fraction of sp³-hybridized carbons (Fsp3) is 0.222. The lowest BCUT2D eigenvalue weighted by Crippen LogP contribution is -2.19. The van der Waals surface area contributed by atoms with Crippen LogP contribution in [0, 0.1) is 0 Å². The number of nitrogens with zero attached hydrogens (tertiary/aromatic N) is 1. The number of pyridine rings is 1. The summed E-state index contributed by atoms with van der Waals surface area (Å²) in [7, 11) is -0.611. The van der Waals surface area contributed by atoms with Gasteiger partial charge in [0.2, 0.25) is 0 Å². The zero-order chi connectivity index (χ0) is 10.3. The van der Waals surface area contributed by atoms with Crippen LogP contribution in [0.2, 0.25) is 23.1 Å². The molecule has 2 nitrogen and oxygen atoms in total. The van der Waals surface area contributed by atoms with Crippen molar-refractivity contribution in [2.75, 3.05) is 0 Å². The first kappa shape index (κ1) is 10.0. The van der Waals surface area contributed by atoms with Crippen LogP contribution in [0.1, 0.15) is 0 Å². The maximum absolute atomic E-state index is 5.99. The first-order chi connectivity index (χ1) is 6.59. The molecule has 0 saturated carbocycles. The van der Waals surface area contributed by atoms with Crippen LogP contribution in [0.5, 0.6) is 0 Å². The van der Waals surface area contributed by atoms with Gasteiger partial charge < -0.3 is 4.42 Å². The molecule has 14 heavy (non-hydrogen) atoms. The van der Waals surface area contributed by atoms with Gasteiger partial charge in [0.1, 0.15) is 19.3 Å². The molecule has 0 bridgehead atoms. The molecule has 0 aliphatic rings. The lowest BCUT2D eigenvalue weighted by molar-refractivity contribution is 0.650. The number of furan rings is 1. The molecule has 73 valence electrons. The highest BCUT2D eigenvalue weighted by Gasteiger charge is 2.13. The summed E-state index contributed by atoms with van der Waals surface area (Å²) in [6, 6.07) is 1.94. The first-order valence-corrected chi connectivity index (χ1v) is 7.39. The molecule has 0 saturated heterocycles. The van der Waals surface area contributed by atoms with Crippen molar-refractivity contribution in [2.45, 2.75) is 13.1 Å². The minimum Gasteiger partial charge on any atom is -0.463 e. The number of hydrogen-bond donors (Lipinski definition) is 0. The summed E-state index contributed by atoms with van der Waals surface area (Å²) < 4.78 is 5.61. The molecule has 0 N–H and O–H groups in total. The Morgan fingerprint density at radius 3 is 2.71 bits per heavy atom. The van der Waals surface area contributed by atoms with E-state index in [9.17, 15) is 0 Å². The average molecular weight is 245 g/mol. The monoisotopic (exact) mass is 244 g/mol. The van der Waals surface area contributed by atoms with Crippen LogP contribution >= 0.6 is 23.2 Å². The molecule has 0 aliphatic carbocycles. The van der Waals surface area contributed by atoms with E-state index in [0.717, 1.165) is 10.9 Å². The number of rotatable bonds is 1. The minimum absolute atomic E-state index is 0.432. The summed E-state index contributed by atoms with van der Waals surface area (Å²) in [5, 5.41) is 1.86. The summed E-state index contributed by atoms with van der Waals surface area (Å²) in [6.45, 7) is 4.30. The normalized spacial score (nSPS) is 11.5. The number of fused-ring (bicyclic) bond motifs is 1. The van der Waals surface area contributed by atoms with Crippen molar-refractivity contribution in [3.8, 4) is 0 Å². The van der Waals surface area contributed by atoms with Crippen LogP contribution < -0.4 is 5.38 Å². The molecule has 2 aromatic rings. The van der Waals surface area contributed by atoms with Crippen LogP contribution in [0.3, 0.4) is 0 Å². The summed E-state index contributed by atoms with van der Waals surface area (Å²) in [4.78, 5) is 4.15. The Morgan fingerprint density at radius 1 is 1.36 bits per heavy atom. The molecule has 2 aromatic heterocycles. The molecule has 1 radical (unpaired) electrons. The highest BCUT2D eigenvalue weighted by atomic mass is 35.5. The van der Waals surface area contributed by atoms with E-state index in [0.29, 0.717) is 15.6 Å². The van der Waals surface area contributed by atoms with E-state index in [-0.39, 0.29) is 0 Å². The van der Waals surface area contributed by atoms with Crippen molar-refractivity contribution >= 4 is 48.5 Å². The van der Waals surface area contributed by atoms with E-state index < -0.39 is 8.80 Å². The summed E-state index contributed by atoms with van der Waals surface area (Å²) in [6.07, 6.45) is 1.54. The van der Waals surface area contributed by atoms with Crippen LogP contribution in [-0.2, 0) is 0 Å². The quantitative estimate of drug-likeness (QED) is 0.721. The molecular weight excluding hydrogens is 237 g/mol. The Morgan fingerprint density at radius 2 is 2.07 bits per heavy atom. The molecule has 2 rings (SSSR count). The summed E-state index contributed by atoms with van der Waals surface area (Å²) >= 11 is 11.8. The summed E-state index contributed by atoms with van der Waals surface area (Å²) in [5.74, 6) is 0. The van der Waals surface area contributed by atoms with Gasteiger partial charge in [0, 0.05) is 12.3 Å². The van der Waals surface area contributed by atoms with Crippen molar-refractivity contribution in [3.63, 3.8) is 0 Å². The van der Waals surface area contributed by atoms with Crippen molar-refractivity contribution in [1.82, 2.24) is 4.98 Å². The molecule has 5 heteroatoms. The van der Waals surface area contributed by atoms with Gasteiger partial charge in [0.15, 0.2) is 5.58 Å². The van der Waals surface area contributed by atoms with Gasteiger partial charge in [-0.3, -0.25) is 4.98 Å². The van der Waals surface area contributed by atoms with Gasteiger partial charge >= 0.3 is 0 Å². The van der Waals surface area contributed by atoms with Gasteiger partial charge in [-0.15, -0.1) is 0 Å². The second-order valence-corrected chi connectivity index (χ2v) is 6.52. The van der Waals surface area contributed by atoms with Gasteiger partial charge in [0.05, 0.1) is 10.4 Å². The van der Waals surface area contributed by atoms with Crippen LogP contribution in [-0.4, -0.2) is 13.8 Å². The fourth-order valence-corrected chi connectivity index (χ4v) is 2.22.